The monoisotopic (exact) mass is 235 g/mol. The van der Waals surface area contributed by atoms with E-state index in [1.165, 1.54) is 19.3 Å². The van der Waals surface area contributed by atoms with Gasteiger partial charge in [-0.15, -0.1) is 0 Å². The molecular weight excluding hydrogens is 214 g/mol. The molecule has 0 aromatic carbocycles. The maximum absolute atomic E-state index is 5.05. The second-order valence-electron chi connectivity index (χ2n) is 4.66. The maximum atomic E-state index is 5.05. The summed E-state index contributed by atoms with van der Waals surface area (Å²) in [5.74, 6) is 1.75. The van der Waals surface area contributed by atoms with Crippen molar-refractivity contribution in [3.8, 4) is 0 Å². The number of hydrogen-bond acceptors (Lipinski definition) is 4. The van der Waals surface area contributed by atoms with Crippen molar-refractivity contribution in [1.29, 1.82) is 0 Å². The fraction of sp³-hybridized carbons (Fsp3) is 0.692. The molecule has 0 saturated carbocycles. The summed E-state index contributed by atoms with van der Waals surface area (Å²) >= 11 is 0. The number of piperidine rings is 1. The molecule has 4 nitrogen and oxygen atoms in total. The SMILES string of the molecule is CCC1CCN(c2ncc(COC)cn2)CC1. The molecule has 1 saturated heterocycles. The number of hydrogen-bond donors (Lipinski definition) is 0. The smallest absolute Gasteiger partial charge is 0.225 e. The molecule has 1 aromatic heterocycles. The van der Waals surface area contributed by atoms with E-state index >= 15 is 0 Å². The van der Waals surface area contributed by atoms with Crippen LogP contribution in [0.3, 0.4) is 0 Å². The molecule has 1 aliphatic rings. The third-order valence-electron chi connectivity index (χ3n) is 3.48. The molecular formula is C13H21N3O. The average molecular weight is 235 g/mol. The van der Waals surface area contributed by atoms with E-state index < -0.39 is 0 Å². The highest BCUT2D eigenvalue weighted by Crippen LogP contribution is 2.22. The summed E-state index contributed by atoms with van der Waals surface area (Å²) in [7, 11) is 1.68. The third kappa shape index (κ3) is 3.16. The molecule has 2 heterocycles. The van der Waals surface area contributed by atoms with Gasteiger partial charge in [-0.2, -0.15) is 0 Å². The lowest BCUT2D eigenvalue weighted by atomic mass is 9.95. The molecule has 1 aromatic rings. The van der Waals surface area contributed by atoms with Gasteiger partial charge in [0.1, 0.15) is 0 Å². The van der Waals surface area contributed by atoms with Crippen molar-refractivity contribution in [2.75, 3.05) is 25.1 Å². The Bertz CT molecular complexity index is 331. The van der Waals surface area contributed by atoms with E-state index in [4.69, 9.17) is 4.74 Å². The zero-order chi connectivity index (χ0) is 12.1. The van der Waals surface area contributed by atoms with Crippen molar-refractivity contribution >= 4 is 5.95 Å². The quantitative estimate of drug-likeness (QED) is 0.802. The highest BCUT2D eigenvalue weighted by Gasteiger charge is 2.19. The minimum atomic E-state index is 0.582. The lowest BCUT2D eigenvalue weighted by Gasteiger charge is -2.31. The second-order valence-corrected chi connectivity index (χ2v) is 4.66. The van der Waals surface area contributed by atoms with Crippen LogP contribution in [0.1, 0.15) is 31.7 Å². The van der Waals surface area contributed by atoms with Crippen molar-refractivity contribution in [1.82, 2.24) is 9.97 Å². The van der Waals surface area contributed by atoms with Crippen molar-refractivity contribution in [3.63, 3.8) is 0 Å². The van der Waals surface area contributed by atoms with Gasteiger partial charge in [-0.1, -0.05) is 13.3 Å². The molecule has 17 heavy (non-hydrogen) atoms. The Balaban J connectivity index is 1.94. The summed E-state index contributed by atoms with van der Waals surface area (Å²) in [6.07, 6.45) is 7.54. The predicted octanol–water partition coefficient (Wildman–Crippen LogP) is 2.25. The summed E-state index contributed by atoms with van der Waals surface area (Å²) in [4.78, 5) is 11.1. The van der Waals surface area contributed by atoms with Crippen LogP contribution in [-0.2, 0) is 11.3 Å². The first-order chi connectivity index (χ1) is 8.33. The first-order valence-corrected chi connectivity index (χ1v) is 6.38. The van der Waals surface area contributed by atoms with Crippen LogP contribution in [0.4, 0.5) is 5.95 Å². The minimum Gasteiger partial charge on any atom is -0.380 e. The highest BCUT2D eigenvalue weighted by atomic mass is 16.5. The normalized spacial score (nSPS) is 17.4. The Morgan fingerprint density at radius 3 is 2.47 bits per heavy atom. The number of aromatic nitrogens is 2. The highest BCUT2D eigenvalue weighted by molar-refractivity contribution is 5.30. The van der Waals surface area contributed by atoms with Crippen LogP contribution in [0.15, 0.2) is 12.4 Å². The Hall–Kier alpha value is -1.16. The zero-order valence-corrected chi connectivity index (χ0v) is 10.7. The summed E-state index contributed by atoms with van der Waals surface area (Å²) in [6.45, 7) is 5.03. The van der Waals surface area contributed by atoms with Crippen LogP contribution < -0.4 is 4.90 Å². The van der Waals surface area contributed by atoms with Crippen molar-refractivity contribution < 1.29 is 4.74 Å². The molecule has 2 rings (SSSR count). The van der Waals surface area contributed by atoms with Gasteiger partial charge in [-0.3, -0.25) is 0 Å². The van der Waals surface area contributed by atoms with Gasteiger partial charge in [0.15, 0.2) is 0 Å². The summed E-state index contributed by atoms with van der Waals surface area (Å²) in [6, 6.07) is 0. The van der Waals surface area contributed by atoms with Crippen molar-refractivity contribution in [2.45, 2.75) is 32.8 Å². The van der Waals surface area contributed by atoms with E-state index in [1.54, 1.807) is 7.11 Å². The van der Waals surface area contributed by atoms with Crippen LogP contribution in [-0.4, -0.2) is 30.2 Å². The molecule has 0 bridgehead atoms. The van der Waals surface area contributed by atoms with Crippen LogP contribution >= 0.6 is 0 Å². The average Bonchev–Trinajstić information content (AvgIpc) is 2.40. The number of nitrogens with zero attached hydrogens (tertiary/aromatic N) is 3. The van der Waals surface area contributed by atoms with E-state index in [-0.39, 0.29) is 0 Å². The molecule has 1 fully saturated rings. The molecule has 0 unspecified atom stereocenters. The van der Waals surface area contributed by atoms with Gasteiger partial charge < -0.3 is 9.64 Å². The van der Waals surface area contributed by atoms with E-state index in [9.17, 15) is 0 Å². The predicted molar refractivity (Wildman–Crippen MR) is 68.0 cm³/mol. The fourth-order valence-electron chi connectivity index (χ4n) is 2.29. The van der Waals surface area contributed by atoms with Gasteiger partial charge in [0.2, 0.25) is 5.95 Å². The van der Waals surface area contributed by atoms with Crippen LogP contribution in [0, 0.1) is 5.92 Å². The van der Waals surface area contributed by atoms with Crippen LogP contribution in [0.5, 0.6) is 0 Å². The van der Waals surface area contributed by atoms with Crippen LogP contribution in [0.25, 0.3) is 0 Å². The molecule has 0 atom stereocenters. The maximum Gasteiger partial charge on any atom is 0.225 e. The molecule has 0 N–H and O–H groups in total. The lowest BCUT2D eigenvalue weighted by molar-refractivity contribution is 0.184. The van der Waals surface area contributed by atoms with Crippen molar-refractivity contribution in [2.24, 2.45) is 5.92 Å². The second kappa shape index (κ2) is 5.96. The summed E-state index contributed by atoms with van der Waals surface area (Å²) < 4.78 is 5.05. The molecule has 94 valence electrons. The first-order valence-electron chi connectivity index (χ1n) is 6.38. The first kappa shape index (κ1) is 12.3. The largest absolute Gasteiger partial charge is 0.380 e. The molecule has 0 spiro atoms. The molecule has 0 radical (unpaired) electrons. The van der Waals surface area contributed by atoms with Crippen LogP contribution in [0.2, 0.25) is 0 Å². The Labute approximate surface area is 103 Å². The third-order valence-corrected chi connectivity index (χ3v) is 3.48. The summed E-state index contributed by atoms with van der Waals surface area (Å²) in [5.41, 5.74) is 1.03. The van der Waals surface area contributed by atoms with E-state index in [1.807, 2.05) is 12.4 Å². The van der Waals surface area contributed by atoms with E-state index in [0.29, 0.717) is 6.61 Å². The van der Waals surface area contributed by atoms with E-state index in [0.717, 1.165) is 30.5 Å². The standard InChI is InChI=1S/C13H21N3O/c1-3-11-4-6-16(7-5-11)13-14-8-12(9-15-13)10-17-2/h8-9,11H,3-7,10H2,1-2H3. The van der Waals surface area contributed by atoms with Gasteiger partial charge in [0.05, 0.1) is 6.61 Å². The number of ether oxygens (including phenoxy) is 1. The van der Waals surface area contributed by atoms with Gasteiger partial charge in [-0.25, -0.2) is 9.97 Å². The van der Waals surface area contributed by atoms with Gasteiger partial charge in [-0.05, 0) is 18.8 Å². The number of anilines is 1. The molecule has 0 aliphatic carbocycles. The lowest BCUT2D eigenvalue weighted by Crippen LogP contribution is -2.34. The Morgan fingerprint density at radius 1 is 1.29 bits per heavy atom. The number of rotatable bonds is 4. The number of methoxy groups -OCH3 is 1. The Kier molecular flexibility index (Phi) is 4.31. The van der Waals surface area contributed by atoms with Gasteiger partial charge >= 0.3 is 0 Å². The topological polar surface area (TPSA) is 38.2 Å². The van der Waals surface area contributed by atoms with E-state index in [2.05, 4.69) is 21.8 Å². The van der Waals surface area contributed by atoms with Gasteiger partial charge in [0.25, 0.3) is 0 Å². The zero-order valence-electron chi connectivity index (χ0n) is 10.7. The fourth-order valence-corrected chi connectivity index (χ4v) is 2.29. The summed E-state index contributed by atoms with van der Waals surface area (Å²) in [5, 5.41) is 0. The molecule has 0 amide bonds. The molecule has 4 heteroatoms. The molecule has 1 aliphatic heterocycles. The van der Waals surface area contributed by atoms with Crippen molar-refractivity contribution in [3.05, 3.63) is 18.0 Å². The minimum absolute atomic E-state index is 0.582. The van der Waals surface area contributed by atoms with Gasteiger partial charge in [0, 0.05) is 38.2 Å². The Morgan fingerprint density at radius 2 is 1.94 bits per heavy atom.